The molecule has 1 aliphatic rings. The van der Waals surface area contributed by atoms with E-state index >= 15 is 0 Å². The second kappa shape index (κ2) is 9.92. The Morgan fingerprint density at radius 1 is 1.04 bits per heavy atom. The van der Waals surface area contributed by atoms with Crippen LogP contribution in [0.2, 0.25) is 0 Å². The van der Waals surface area contributed by atoms with Gasteiger partial charge in [-0.05, 0) is 48.9 Å². The molecule has 5 heteroatoms. The van der Waals surface area contributed by atoms with Crippen LogP contribution < -0.4 is 10.6 Å². The zero-order chi connectivity index (χ0) is 18.0. The second-order valence-corrected chi connectivity index (χ2v) is 6.90. The first-order valence-corrected chi connectivity index (χ1v) is 9.49. The Labute approximate surface area is 155 Å². The van der Waals surface area contributed by atoms with Gasteiger partial charge in [-0.15, -0.1) is 0 Å². The molecular formula is C21H28N4O. The number of nitrogens with zero attached hydrogens (tertiary/aromatic N) is 2. The number of carbonyl (C=O) groups excluding carboxylic acids is 1. The summed E-state index contributed by atoms with van der Waals surface area (Å²) in [7, 11) is 0. The van der Waals surface area contributed by atoms with Gasteiger partial charge in [0.05, 0.1) is 0 Å². The highest BCUT2D eigenvalue weighted by Crippen LogP contribution is 2.13. The fraction of sp³-hybridized carbons (Fsp3) is 0.429. The fourth-order valence-corrected chi connectivity index (χ4v) is 3.36. The summed E-state index contributed by atoms with van der Waals surface area (Å²) in [6, 6.07) is 14.7. The minimum Gasteiger partial charge on any atom is -0.338 e. The predicted octanol–water partition coefficient (Wildman–Crippen LogP) is 2.98. The van der Waals surface area contributed by atoms with Gasteiger partial charge in [0.15, 0.2) is 0 Å². The first kappa shape index (κ1) is 18.4. The maximum Gasteiger partial charge on any atom is 0.315 e. The summed E-state index contributed by atoms with van der Waals surface area (Å²) in [6.07, 6.45) is 7.64. The number of hydrogen-bond acceptors (Lipinski definition) is 3. The number of benzene rings is 1. The van der Waals surface area contributed by atoms with Crippen LogP contribution in [-0.4, -0.2) is 41.6 Å². The molecule has 1 saturated heterocycles. The third kappa shape index (κ3) is 6.15. The van der Waals surface area contributed by atoms with Crippen molar-refractivity contribution in [1.82, 2.24) is 20.5 Å². The van der Waals surface area contributed by atoms with Gasteiger partial charge in [0.25, 0.3) is 0 Å². The van der Waals surface area contributed by atoms with E-state index in [-0.39, 0.29) is 12.1 Å². The molecule has 0 bridgehead atoms. The fourth-order valence-electron chi connectivity index (χ4n) is 3.36. The average Bonchev–Trinajstić information content (AvgIpc) is 2.68. The number of nitrogens with one attached hydrogen (secondary N) is 2. The van der Waals surface area contributed by atoms with E-state index in [0.29, 0.717) is 6.54 Å². The molecule has 2 N–H and O–H groups in total. The molecule has 138 valence electrons. The molecule has 2 amide bonds. The van der Waals surface area contributed by atoms with E-state index in [1.54, 1.807) is 0 Å². The van der Waals surface area contributed by atoms with E-state index in [4.69, 9.17) is 0 Å². The number of carbonyl (C=O) groups is 1. The Balaban J connectivity index is 1.28. The summed E-state index contributed by atoms with van der Waals surface area (Å²) in [5.74, 6) is 0. The van der Waals surface area contributed by atoms with Gasteiger partial charge in [0.2, 0.25) is 0 Å². The van der Waals surface area contributed by atoms with E-state index < -0.39 is 0 Å². The maximum absolute atomic E-state index is 12.1. The highest BCUT2D eigenvalue weighted by atomic mass is 16.2. The number of hydrogen-bond donors (Lipinski definition) is 2. The summed E-state index contributed by atoms with van der Waals surface area (Å²) in [5.41, 5.74) is 2.61. The van der Waals surface area contributed by atoms with Gasteiger partial charge in [-0.25, -0.2) is 4.79 Å². The zero-order valence-electron chi connectivity index (χ0n) is 15.2. The lowest BCUT2D eigenvalue weighted by atomic mass is 10.0. The SMILES string of the molecule is O=C(NCCCc1ccccc1)NC1CCN(Cc2ccncc2)CC1. The monoisotopic (exact) mass is 352 g/mol. The van der Waals surface area contributed by atoms with Crippen LogP contribution in [0.4, 0.5) is 4.79 Å². The van der Waals surface area contributed by atoms with E-state index in [1.165, 1.54) is 11.1 Å². The second-order valence-electron chi connectivity index (χ2n) is 6.90. The number of pyridine rings is 1. The van der Waals surface area contributed by atoms with Crippen molar-refractivity contribution in [3.8, 4) is 0 Å². The van der Waals surface area contributed by atoms with Crippen molar-refractivity contribution in [2.45, 2.75) is 38.3 Å². The van der Waals surface area contributed by atoms with Crippen LogP contribution in [0, 0.1) is 0 Å². The minimum absolute atomic E-state index is 0.0364. The normalized spacial score (nSPS) is 15.5. The van der Waals surface area contributed by atoms with Gasteiger partial charge < -0.3 is 10.6 Å². The first-order valence-electron chi connectivity index (χ1n) is 9.49. The Kier molecular flexibility index (Phi) is 7.02. The number of likely N-dealkylation sites (tertiary alicyclic amines) is 1. The molecule has 5 nitrogen and oxygen atoms in total. The lowest BCUT2D eigenvalue weighted by Crippen LogP contribution is -2.47. The van der Waals surface area contributed by atoms with Crippen LogP contribution in [0.3, 0.4) is 0 Å². The van der Waals surface area contributed by atoms with Crippen molar-refractivity contribution < 1.29 is 4.79 Å². The third-order valence-electron chi connectivity index (χ3n) is 4.85. The molecule has 3 rings (SSSR count). The van der Waals surface area contributed by atoms with E-state index in [9.17, 15) is 4.79 Å². The molecule has 1 aromatic heterocycles. The van der Waals surface area contributed by atoms with Gasteiger partial charge in [0.1, 0.15) is 0 Å². The number of rotatable bonds is 7. The molecule has 1 aromatic carbocycles. The number of aryl methyl sites for hydroxylation is 1. The van der Waals surface area contributed by atoms with Crippen molar-refractivity contribution in [1.29, 1.82) is 0 Å². The van der Waals surface area contributed by atoms with E-state index in [0.717, 1.165) is 45.3 Å². The van der Waals surface area contributed by atoms with Crippen LogP contribution in [0.25, 0.3) is 0 Å². The Bertz CT molecular complexity index is 654. The van der Waals surface area contributed by atoms with Gasteiger partial charge in [-0.2, -0.15) is 0 Å². The molecular weight excluding hydrogens is 324 g/mol. The topological polar surface area (TPSA) is 57.3 Å². The van der Waals surface area contributed by atoms with Crippen LogP contribution in [0.15, 0.2) is 54.9 Å². The van der Waals surface area contributed by atoms with Gasteiger partial charge in [-0.3, -0.25) is 9.88 Å². The number of aromatic nitrogens is 1. The van der Waals surface area contributed by atoms with Crippen molar-refractivity contribution >= 4 is 6.03 Å². The summed E-state index contributed by atoms with van der Waals surface area (Å²) in [4.78, 5) is 18.5. The first-order chi connectivity index (χ1) is 12.8. The van der Waals surface area contributed by atoms with Crippen LogP contribution in [0.5, 0.6) is 0 Å². The molecule has 2 aromatic rings. The molecule has 0 aliphatic carbocycles. The highest BCUT2D eigenvalue weighted by Gasteiger charge is 2.20. The van der Waals surface area contributed by atoms with Crippen molar-refractivity contribution in [2.24, 2.45) is 0 Å². The molecule has 2 heterocycles. The van der Waals surface area contributed by atoms with Crippen LogP contribution in [-0.2, 0) is 13.0 Å². The molecule has 0 radical (unpaired) electrons. The van der Waals surface area contributed by atoms with Crippen molar-refractivity contribution in [3.63, 3.8) is 0 Å². The van der Waals surface area contributed by atoms with Gasteiger partial charge in [-0.1, -0.05) is 30.3 Å². The quantitative estimate of drug-likeness (QED) is 0.753. The average molecular weight is 352 g/mol. The van der Waals surface area contributed by atoms with E-state index in [1.807, 2.05) is 18.5 Å². The lowest BCUT2D eigenvalue weighted by Gasteiger charge is -2.32. The number of piperidine rings is 1. The van der Waals surface area contributed by atoms with Gasteiger partial charge in [0, 0.05) is 44.6 Å². The summed E-state index contributed by atoms with van der Waals surface area (Å²) >= 11 is 0. The Hall–Kier alpha value is -2.40. The smallest absolute Gasteiger partial charge is 0.315 e. The van der Waals surface area contributed by atoms with Gasteiger partial charge >= 0.3 is 6.03 Å². The number of urea groups is 1. The van der Waals surface area contributed by atoms with E-state index in [2.05, 4.69) is 56.9 Å². The standard InChI is InChI=1S/C21H28N4O/c26-21(23-12-4-7-18-5-2-1-3-6-18)24-20-10-15-25(16-11-20)17-19-8-13-22-14-9-19/h1-3,5-6,8-9,13-14,20H,4,7,10-12,15-17H2,(H2,23,24,26). The summed E-state index contributed by atoms with van der Waals surface area (Å²) < 4.78 is 0. The summed E-state index contributed by atoms with van der Waals surface area (Å²) in [6.45, 7) is 3.70. The largest absolute Gasteiger partial charge is 0.338 e. The Morgan fingerprint density at radius 2 is 1.77 bits per heavy atom. The zero-order valence-corrected chi connectivity index (χ0v) is 15.2. The van der Waals surface area contributed by atoms with Crippen LogP contribution >= 0.6 is 0 Å². The maximum atomic E-state index is 12.1. The predicted molar refractivity (Wildman–Crippen MR) is 104 cm³/mol. The molecule has 1 fully saturated rings. The summed E-state index contributed by atoms with van der Waals surface area (Å²) in [5, 5.41) is 6.10. The molecule has 0 unspecified atom stereocenters. The lowest BCUT2D eigenvalue weighted by molar-refractivity contribution is 0.186. The molecule has 1 aliphatic heterocycles. The van der Waals surface area contributed by atoms with Crippen LogP contribution in [0.1, 0.15) is 30.4 Å². The van der Waals surface area contributed by atoms with Crippen molar-refractivity contribution in [3.05, 3.63) is 66.0 Å². The number of amides is 2. The molecule has 26 heavy (non-hydrogen) atoms. The third-order valence-corrected chi connectivity index (χ3v) is 4.85. The molecule has 0 spiro atoms. The highest BCUT2D eigenvalue weighted by molar-refractivity contribution is 5.74. The molecule has 0 saturated carbocycles. The Morgan fingerprint density at radius 3 is 2.50 bits per heavy atom. The van der Waals surface area contributed by atoms with Crippen molar-refractivity contribution in [2.75, 3.05) is 19.6 Å². The molecule has 0 atom stereocenters. The minimum atomic E-state index is -0.0364.